The van der Waals surface area contributed by atoms with Gasteiger partial charge in [0.15, 0.2) is 0 Å². The molecule has 2 saturated heterocycles. The van der Waals surface area contributed by atoms with Crippen LogP contribution in [0.4, 0.5) is 0 Å². The fraction of sp³-hybridized carbons (Fsp3) is 0.481. The summed E-state index contributed by atoms with van der Waals surface area (Å²) in [5, 5.41) is 0. The van der Waals surface area contributed by atoms with Crippen molar-refractivity contribution in [3.63, 3.8) is 0 Å². The van der Waals surface area contributed by atoms with E-state index < -0.39 is 5.41 Å². The lowest BCUT2D eigenvalue weighted by molar-refractivity contribution is -0.142. The third-order valence-electron chi connectivity index (χ3n) is 7.12. The number of nitrogens with one attached hydrogen (secondary N) is 2. The van der Waals surface area contributed by atoms with Crippen LogP contribution in [-0.4, -0.2) is 64.7 Å². The van der Waals surface area contributed by atoms with Gasteiger partial charge in [-0.05, 0) is 30.5 Å². The van der Waals surface area contributed by atoms with Crippen molar-refractivity contribution < 1.29 is 14.4 Å². The Balaban J connectivity index is 1.48. The Morgan fingerprint density at radius 3 is 2.57 bits per heavy atom. The van der Waals surface area contributed by atoms with Gasteiger partial charge >= 0.3 is 0 Å². The van der Waals surface area contributed by atoms with Crippen LogP contribution >= 0.6 is 0 Å². The first kappa shape index (κ1) is 25.0. The first-order valence-corrected chi connectivity index (χ1v) is 12.5. The SMILES string of the molecule is CCCC1CC(CN(C)C(=O)CC2(c3ccccc3)CC(=O)N(CCc3ccccn3)C2=O)NN1. The quantitative estimate of drug-likeness (QED) is 0.510. The molecule has 2 aliphatic heterocycles. The largest absolute Gasteiger partial charge is 0.344 e. The summed E-state index contributed by atoms with van der Waals surface area (Å²) in [5.74, 6) is -0.674. The zero-order valence-electron chi connectivity index (χ0n) is 20.6. The molecular weight excluding hydrogens is 442 g/mol. The predicted molar refractivity (Wildman–Crippen MR) is 133 cm³/mol. The first-order chi connectivity index (χ1) is 16.9. The number of carbonyl (C=O) groups excluding carboxylic acids is 3. The molecule has 8 heteroatoms. The van der Waals surface area contributed by atoms with E-state index in [4.69, 9.17) is 0 Å². The lowest BCUT2D eigenvalue weighted by Crippen LogP contribution is -2.46. The highest BCUT2D eigenvalue weighted by Crippen LogP contribution is 2.40. The van der Waals surface area contributed by atoms with E-state index >= 15 is 0 Å². The molecule has 4 rings (SSSR count). The number of hydrazine groups is 1. The van der Waals surface area contributed by atoms with E-state index in [0.29, 0.717) is 24.6 Å². The van der Waals surface area contributed by atoms with Gasteiger partial charge in [-0.2, -0.15) is 0 Å². The second-order valence-corrected chi connectivity index (χ2v) is 9.70. The molecular formula is C27H35N5O3. The van der Waals surface area contributed by atoms with Crippen LogP contribution in [0.25, 0.3) is 0 Å². The van der Waals surface area contributed by atoms with Crippen molar-refractivity contribution in [1.29, 1.82) is 0 Å². The van der Waals surface area contributed by atoms with Crippen LogP contribution in [0.15, 0.2) is 54.7 Å². The van der Waals surface area contributed by atoms with Crippen LogP contribution in [0.5, 0.6) is 0 Å². The van der Waals surface area contributed by atoms with Crippen molar-refractivity contribution in [3.8, 4) is 0 Å². The number of amides is 3. The maximum absolute atomic E-state index is 13.8. The number of likely N-dealkylation sites (tertiary alicyclic amines) is 1. The van der Waals surface area contributed by atoms with E-state index in [1.54, 1.807) is 18.1 Å². The highest BCUT2D eigenvalue weighted by molar-refractivity contribution is 6.10. The molecule has 3 unspecified atom stereocenters. The number of rotatable bonds is 10. The molecule has 2 aliphatic rings. The predicted octanol–water partition coefficient (Wildman–Crippen LogP) is 2.20. The van der Waals surface area contributed by atoms with Gasteiger partial charge in [-0.3, -0.25) is 35.1 Å². The number of pyridine rings is 1. The molecule has 3 atom stereocenters. The van der Waals surface area contributed by atoms with Crippen molar-refractivity contribution in [2.75, 3.05) is 20.1 Å². The van der Waals surface area contributed by atoms with E-state index in [-0.39, 0.29) is 43.1 Å². The molecule has 1 aromatic heterocycles. The number of likely N-dealkylation sites (N-methyl/N-ethyl adjacent to an activating group) is 1. The molecule has 3 heterocycles. The summed E-state index contributed by atoms with van der Waals surface area (Å²) in [5.41, 5.74) is 6.95. The second-order valence-electron chi connectivity index (χ2n) is 9.70. The summed E-state index contributed by atoms with van der Waals surface area (Å²) in [6.07, 6.45) is 5.29. The normalized spacial score (nSPS) is 24.2. The monoisotopic (exact) mass is 477 g/mol. The number of benzene rings is 1. The van der Waals surface area contributed by atoms with Crippen LogP contribution in [0.3, 0.4) is 0 Å². The molecule has 0 radical (unpaired) electrons. The van der Waals surface area contributed by atoms with Gasteiger partial charge in [0.1, 0.15) is 0 Å². The minimum Gasteiger partial charge on any atom is -0.344 e. The molecule has 0 spiro atoms. The van der Waals surface area contributed by atoms with Crippen molar-refractivity contribution in [3.05, 3.63) is 66.0 Å². The van der Waals surface area contributed by atoms with Crippen LogP contribution in [-0.2, 0) is 26.2 Å². The fourth-order valence-electron chi connectivity index (χ4n) is 5.20. The van der Waals surface area contributed by atoms with Gasteiger partial charge in [0.05, 0.1) is 5.41 Å². The Kier molecular flexibility index (Phi) is 7.93. The summed E-state index contributed by atoms with van der Waals surface area (Å²) in [4.78, 5) is 47.5. The van der Waals surface area contributed by atoms with Crippen molar-refractivity contribution in [2.45, 2.75) is 62.9 Å². The van der Waals surface area contributed by atoms with Crippen LogP contribution < -0.4 is 10.9 Å². The Morgan fingerprint density at radius 2 is 1.86 bits per heavy atom. The average Bonchev–Trinajstić information content (AvgIpc) is 3.40. The Labute approximate surface area is 207 Å². The molecule has 186 valence electrons. The summed E-state index contributed by atoms with van der Waals surface area (Å²) in [7, 11) is 1.77. The third kappa shape index (κ3) is 5.60. The third-order valence-corrected chi connectivity index (χ3v) is 7.12. The minimum atomic E-state index is -1.18. The minimum absolute atomic E-state index is 0.000543. The molecule has 0 aliphatic carbocycles. The van der Waals surface area contributed by atoms with Gasteiger partial charge < -0.3 is 4.90 Å². The lowest BCUT2D eigenvalue weighted by atomic mass is 9.75. The number of nitrogens with zero attached hydrogens (tertiary/aromatic N) is 3. The van der Waals surface area contributed by atoms with Crippen LogP contribution in [0.2, 0.25) is 0 Å². The summed E-state index contributed by atoms with van der Waals surface area (Å²) >= 11 is 0. The summed E-state index contributed by atoms with van der Waals surface area (Å²) < 4.78 is 0. The Bertz CT molecular complexity index is 1030. The van der Waals surface area contributed by atoms with Crippen molar-refractivity contribution in [1.82, 2.24) is 25.6 Å². The van der Waals surface area contributed by atoms with Crippen LogP contribution in [0.1, 0.15) is 50.3 Å². The molecule has 1 aromatic carbocycles. The lowest BCUT2D eigenvalue weighted by Gasteiger charge is -2.30. The second kappa shape index (κ2) is 11.1. The number of hydrogen-bond acceptors (Lipinski definition) is 6. The number of carbonyl (C=O) groups is 3. The number of aromatic nitrogens is 1. The fourth-order valence-corrected chi connectivity index (χ4v) is 5.20. The van der Waals surface area contributed by atoms with E-state index in [0.717, 1.165) is 25.0 Å². The molecule has 8 nitrogen and oxygen atoms in total. The van der Waals surface area contributed by atoms with Crippen LogP contribution in [0, 0.1) is 0 Å². The first-order valence-electron chi connectivity index (χ1n) is 12.5. The molecule has 2 aromatic rings. The van der Waals surface area contributed by atoms with Crippen molar-refractivity contribution >= 4 is 17.7 Å². The average molecular weight is 478 g/mol. The maximum Gasteiger partial charge on any atom is 0.240 e. The maximum atomic E-state index is 13.8. The molecule has 2 fully saturated rings. The van der Waals surface area contributed by atoms with E-state index in [1.165, 1.54) is 4.90 Å². The van der Waals surface area contributed by atoms with Gasteiger partial charge in [0.25, 0.3) is 0 Å². The Hall–Kier alpha value is -3.10. The molecule has 35 heavy (non-hydrogen) atoms. The van der Waals surface area contributed by atoms with Gasteiger partial charge in [-0.15, -0.1) is 0 Å². The standard InChI is InChI=1S/C27H35N5O3/c1-3-9-22-16-23(30-29-22)19-31(2)24(33)17-27(20-10-5-4-6-11-20)18-25(34)32(26(27)35)15-13-21-12-7-8-14-28-21/h4-8,10-12,14,22-23,29-30H,3,9,13,15-19H2,1-2H3. The zero-order chi connectivity index (χ0) is 24.8. The zero-order valence-corrected chi connectivity index (χ0v) is 20.6. The van der Waals surface area contributed by atoms with E-state index in [1.807, 2.05) is 48.5 Å². The topological polar surface area (TPSA) is 94.6 Å². The van der Waals surface area contributed by atoms with E-state index in [2.05, 4.69) is 22.8 Å². The Morgan fingerprint density at radius 1 is 1.11 bits per heavy atom. The molecule has 0 bridgehead atoms. The van der Waals surface area contributed by atoms with Gasteiger partial charge in [-0.1, -0.05) is 49.7 Å². The molecule has 0 saturated carbocycles. The molecule has 3 amide bonds. The van der Waals surface area contributed by atoms with Gasteiger partial charge in [0.2, 0.25) is 17.7 Å². The number of hydrogen-bond donors (Lipinski definition) is 2. The highest BCUT2D eigenvalue weighted by Gasteiger charge is 2.53. The molecule has 2 N–H and O–H groups in total. The number of imide groups is 1. The van der Waals surface area contributed by atoms with Gasteiger partial charge in [0, 0.05) is 63.4 Å². The van der Waals surface area contributed by atoms with Gasteiger partial charge in [-0.25, -0.2) is 0 Å². The summed E-state index contributed by atoms with van der Waals surface area (Å²) in [6, 6.07) is 15.4. The highest BCUT2D eigenvalue weighted by atomic mass is 16.2. The van der Waals surface area contributed by atoms with E-state index in [9.17, 15) is 14.4 Å². The smallest absolute Gasteiger partial charge is 0.240 e. The van der Waals surface area contributed by atoms with Crippen molar-refractivity contribution in [2.24, 2.45) is 0 Å². The summed E-state index contributed by atoms with van der Waals surface area (Å²) in [6.45, 7) is 2.96.